The predicted molar refractivity (Wildman–Crippen MR) is 73.3 cm³/mol. The quantitative estimate of drug-likeness (QED) is 0.634. The first kappa shape index (κ1) is 13.3. The van der Waals surface area contributed by atoms with Crippen molar-refractivity contribution in [1.29, 1.82) is 0 Å². The SMILES string of the molecule is COc1cccc(C=O)c1C(=O)c1ccc(Cl)cc1. The van der Waals surface area contributed by atoms with Crippen LogP contribution in [-0.4, -0.2) is 19.2 Å². The molecule has 0 bridgehead atoms. The van der Waals surface area contributed by atoms with E-state index in [1.54, 1.807) is 42.5 Å². The number of halogens is 1. The van der Waals surface area contributed by atoms with Crippen molar-refractivity contribution in [3.05, 3.63) is 64.2 Å². The zero-order chi connectivity index (χ0) is 13.8. The Kier molecular flexibility index (Phi) is 3.97. The van der Waals surface area contributed by atoms with Gasteiger partial charge in [0.05, 0.1) is 12.7 Å². The van der Waals surface area contributed by atoms with Crippen molar-refractivity contribution in [2.75, 3.05) is 7.11 Å². The molecule has 0 aromatic heterocycles. The topological polar surface area (TPSA) is 43.4 Å². The normalized spacial score (nSPS) is 10.0. The fourth-order valence-corrected chi connectivity index (χ4v) is 1.93. The van der Waals surface area contributed by atoms with E-state index in [4.69, 9.17) is 16.3 Å². The van der Waals surface area contributed by atoms with E-state index in [-0.39, 0.29) is 11.3 Å². The molecule has 0 amide bonds. The maximum atomic E-state index is 12.4. The molecular weight excluding hydrogens is 264 g/mol. The molecule has 2 rings (SSSR count). The van der Waals surface area contributed by atoms with Crippen molar-refractivity contribution < 1.29 is 14.3 Å². The van der Waals surface area contributed by atoms with Gasteiger partial charge in [-0.3, -0.25) is 9.59 Å². The molecule has 0 heterocycles. The third-order valence-electron chi connectivity index (χ3n) is 2.74. The first-order valence-corrected chi connectivity index (χ1v) is 5.97. The fourth-order valence-electron chi connectivity index (χ4n) is 1.81. The Morgan fingerprint density at radius 1 is 1.16 bits per heavy atom. The van der Waals surface area contributed by atoms with Gasteiger partial charge in [-0.1, -0.05) is 23.7 Å². The van der Waals surface area contributed by atoms with Crippen LogP contribution in [0.15, 0.2) is 42.5 Å². The van der Waals surface area contributed by atoms with E-state index in [0.717, 1.165) is 0 Å². The number of carbonyl (C=O) groups is 2. The molecule has 0 aliphatic heterocycles. The second kappa shape index (κ2) is 5.67. The molecule has 0 saturated heterocycles. The summed E-state index contributed by atoms with van der Waals surface area (Å²) >= 11 is 5.79. The van der Waals surface area contributed by atoms with E-state index in [2.05, 4.69) is 0 Å². The van der Waals surface area contributed by atoms with E-state index >= 15 is 0 Å². The van der Waals surface area contributed by atoms with Gasteiger partial charge in [-0.15, -0.1) is 0 Å². The highest BCUT2D eigenvalue weighted by atomic mass is 35.5. The number of rotatable bonds is 4. The van der Waals surface area contributed by atoms with Crippen LogP contribution >= 0.6 is 11.6 Å². The maximum Gasteiger partial charge on any atom is 0.197 e. The molecular formula is C15H11ClO3. The second-order valence-corrected chi connectivity index (χ2v) is 4.31. The standard InChI is InChI=1S/C15H11ClO3/c1-19-13-4-2-3-11(9-17)14(13)15(18)10-5-7-12(16)8-6-10/h2-9H,1H3. The molecule has 96 valence electrons. The molecule has 0 fully saturated rings. The number of hydrogen-bond donors (Lipinski definition) is 0. The van der Waals surface area contributed by atoms with Crippen molar-refractivity contribution >= 4 is 23.7 Å². The Morgan fingerprint density at radius 2 is 1.84 bits per heavy atom. The van der Waals surface area contributed by atoms with Crippen LogP contribution in [0.1, 0.15) is 26.3 Å². The Labute approximate surface area is 115 Å². The van der Waals surface area contributed by atoms with Crippen LogP contribution in [0.2, 0.25) is 5.02 Å². The first-order valence-electron chi connectivity index (χ1n) is 5.60. The van der Waals surface area contributed by atoms with Crippen molar-refractivity contribution in [2.45, 2.75) is 0 Å². The number of benzene rings is 2. The van der Waals surface area contributed by atoms with Crippen LogP contribution in [0.5, 0.6) is 5.75 Å². The summed E-state index contributed by atoms with van der Waals surface area (Å²) in [5.41, 5.74) is 1.03. The number of methoxy groups -OCH3 is 1. The molecule has 0 saturated carbocycles. The number of carbonyl (C=O) groups excluding carboxylic acids is 2. The summed E-state index contributed by atoms with van der Waals surface area (Å²) in [7, 11) is 1.46. The third kappa shape index (κ3) is 2.66. The molecule has 19 heavy (non-hydrogen) atoms. The zero-order valence-corrected chi connectivity index (χ0v) is 11.0. The lowest BCUT2D eigenvalue weighted by Gasteiger charge is -2.09. The van der Waals surface area contributed by atoms with Gasteiger partial charge in [-0.05, 0) is 30.3 Å². The fraction of sp³-hybridized carbons (Fsp3) is 0.0667. The van der Waals surface area contributed by atoms with Crippen LogP contribution in [0.3, 0.4) is 0 Å². The maximum absolute atomic E-state index is 12.4. The minimum atomic E-state index is -0.267. The van der Waals surface area contributed by atoms with E-state index < -0.39 is 0 Å². The van der Waals surface area contributed by atoms with Gasteiger partial charge in [0.15, 0.2) is 12.1 Å². The van der Waals surface area contributed by atoms with Crippen LogP contribution in [0, 0.1) is 0 Å². The summed E-state index contributed by atoms with van der Waals surface area (Å²) < 4.78 is 5.15. The van der Waals surface area contributed by atoms with Crippen LogP contribution in [0.4, 0.5) is 0 Å². The highest BCUT2D eigenvalue weighted by Gasteiger charge is 2.18. The minimum absolute atomic E-state index is 0.266. The Balaban J connectivity index is 2.54. The van der Waals surface area contributed by atoms with Gasteiger partial charge < -0.3 is 4.74 Å². The molecule has 0 N–H and O–H groups in total. The highest BCUT2D eigenvalue weighted by molar-refractivity contribution is 6.30. The number of ketones is 1. The molecule has 0 atom stereocenters. The van der Waals surface area contributed by atoms with Crippen molar-refractivity contribution in [3.8, 4) is 5.75 Å². The van der Waals surface area contributed by atoms with Crippen LogP contribution in [0.25, 0.3) is 0 Å². The van der Waals surface area contributed by atoms with E-state index in [1.807, 2.05) is 0 Å². The summed E-state index contributed by atoms with van der Waals surface area (Å²) in [5, 5.41) is 0.548. The largest absolute Gasteiger partial charge is 0.496 e. The predicted octanol–water partition coefficient (Wildman–Crippen LogP) is 3.39. The smallest absolute Gasteiger partial charge is 0.197 e. The molecule has 4 heteroatoms. The molecule has 0 aliphatic carbocycles. The van der Waals surface area contributed by atoms with E-state index in [9.17, 15) is 9.59 Å². The van der Waals surface area contributed by atoms with Gasteiger partial charge >= 0.3 is 0 Å². The lowest BCUT2D eigenvalue weighted by molar-refractivity contribution is 0.102. The summed E-state index contributed by atoms with van der Waals surface area (Å²) in [6.45, 7) is 0. The van der Waals surface area contributed by atoms with Crippen LogP contribution < -0.4 is 4.74 Å². The monoisotopic (exact) mass is 274 g/mol. The molecule has 2 aromatic rings. The summed E-state index contributed by atoms with van der Waals surface area (Å²) in [6, 6.07) is 11.4. The van der Waals surface area contributed by atoms with Gasteiger partial charge in [0.25, 0.3) is 0 Å². The third-order valence-corrected chi connectivity index (χ3v) is 2.99. The summed E-state index contributed by atoms with van der Waals surface area (Å²) in [4.78, 5) is 23.5. The Morgan fingerprint density at radius 3 is 2.42 bits per heavy atom. The van der Waals surface area contributed by atoms with Crippen molar-refractivity contribution in [2.24, 2.45) is 0 Å². The summed E-state index contributed by atoms with van der Waals surface area (Å²) in [6.07, 6.45) is 0.645. The average Bonchev–Trinajstić information content (AvgIpc) is 2.46. The number of aldehydes is 1. The molecule has 0 radical (unpaired) electrons. The molecule has 2 aromatic carbocycles. The number of hydrogen-bond acceptors (Lipinski definition) is 3. The molecule has 3 nitrogen and oxygen atoms in total. The van der Waals surface area contributed by atoms with E-state index in [1.165, 1.54) is 7.11 Å². The van der Waals surface area contributed by atoms with Gasteiger partial charge in [0.1, 0.15) is 5.75 Å². The first-order chi connectivity index (χ1) is 9.17. The average molecular weight is 275 g/mol. The van der Waals surface area contributed by atoms with Gasteiger partial charge in [-0.2, -0.15) is 0 Å². The van der Waals surface area contributed by atoms with Crippen molar-refractivity contribution in [3.63, 3.8) is 0 Å². The van der Waals surface area contributed by atoms with E-state index in [0.29, 0.717) is 28.2 Å². The van der Waals surface area contributed by atoms with Gasteiger partial charge in [-0.25, -0.2) is 0 Å². The van der Waals surface area contributed by atoms with Crippen LogP contribution in [-0.2, 0) is 0 Å². The minimum Gasteiger partial charge on any atom is -0.496 e. The van der Waals surface area contributed by atoms with Crippen molar-refractivity contribution in [1.82, 2.24) is 0 Å². The van der Waals surface area contributed by atoms with Gasteiger partial charge in [0, 0.05) is 16.1 Å². The van der Waals surface area contributed by atoms with Gasteiger partial charge in [0.2, 0.25) is 0 Å². The number of ether oxygens (including phenoxy) is 1. The lowest BCUT2D eigenvalue weighted by atomic mass is 9.98. The highest BCUT2D eigenvalue weighted by Crippen LogP contribution is 2.25. The zero-order valence-electron chi connectivity index (χ0n) is 10.2. The second-order valence-electron chi connectivity index (χ2n) is 3.88. The Bertz CT molecular complexity index is 618. The summed E-state index contributed by atoms with van der Waals surface area (Å²) in [5.74, 6) is 0.112. The lowest BCUT2D eigenvalue weighted by Crippen LogP contribution is -2.07. The molecule has 0 unspecified atom stereocenters. The molecule has 0 aliphatic rings. The molecule has 0 spiro atoms. The Hall–Kier alpha value is -2.13.